The van der Waals surface area contributed by atoms with E-state index in [1.165, 1.54) is 0 Å². The predicted molar refractivity (Wildman–Crippen MR) is 91.2 cm³/mol. The van der Waals surface area contributed by atoms with E-state index in [1.54, 1.807) is 14.2 Å². The van der Waals surface area contributed by atoms with Crippen LogP contribution in [0.2, 0.25) is 0 Å². The molecule has 1 unspecified atom stereocenters. The van der Waals surface area contributed by atoms with Crippen molar-refractivity contribution in [2.45, 2.75) is 12.3 Å². The van der Waals surface area contributed by atoms with Crippen molar-refractivity contribution in [2.24, 2.45) is 0 Å². The third kappa shape index (κ3) is 3.03. The first-order valence-corrected chi connectivity index (χ1v) is 8.04. The van der Waals surface area contributed by atoms with E-state index in [1.807, 2.05) is 42.5 Å². The molecule has 1 aromatic heterocycles. The molecule has 0 N–H and O–H groups in total. The Balaban J connectivity index is 1.58. The molecule has 4 rings (SSSR count). The van der Waals surface area contributed by atoms with Crippen LogP contribution in [-0.2, 0) is 6.42 Å². The summed E-state index contributed by atoms with van der Waals surface area (Å²) in [4.78, 5) is 4.55. The zero-order chi connectivity index (χ0) is 17.2. The van der Waals surface area contributed by atoms with Crippen LogP contribution in [0.5, 0.6) is 17.2 Å². The van der Waals surface area contributed by atoms with Crippen LogP contribution in [0.15, 0.2) is 47.0 Å². The fourth-order valence-corrected chi connectivity index (χ4v) is 2.94. The van der Waals surface area contributed by atoms with Crippen LogP contribution in [0.1, 0.15) is 17.4 Å². The molecule has 2 heterocycles. The minimum atomic E-state index is 0.0199. The van der Waals surface area contributed by atoms with Gasteiger partial charge in [-0.1, -0.05) is 17.3 Å². The van der Waals surface area contributed by atoms with Gasteiger partial charge in [-0.15, -0.1) is 0 Å². The molecular weight excluding hydrogens is 320 g/mol. The predicted octanol–water partition coefficient (Wildman–Crippen LogP) is 3.47. The highest BCUT2D eigenvalue weighted by atomic mass is 16.5. The van der Waals surface area contributed by atoms with Gasteiger partial charge in [0.05, 0.1) is 20.1 Å². The van der Waals surface area contributed by atoms with Gasteiger partial charge in [-0.3, -0.25) is 0 Å². The number of fused-ring (bicyclic) bond motifs is 1. The molecule has 0 amide bonds. The summed E-state index contributed by atoms with van der Waals surface area (Å²) in [6.07, 6.45) is 0.770. The van der Waals surface area contributed by atoms with Crippen LogP contribution in [0.3, 0.4) is 0 Å². The van der Waals surface area contributed by atoms with Crippen LogP contribution < -0.4 is 14.2 Å². The highest BCUT2D eigenvalue weighted by Crippen LogP contribution is 2.34. The lowest BCUT2D eigenvalue weighted by Gasteiger charge is -2.23. The molecule has 25 heavy (non-hydrogen) atoms. The highest BCUT2D eigenvalue weighted by Gasteiger charge is 2.27. The van der Waals surface area contributed by atoms with E-state index in [2.05, 4.69) is 10.1 Å². The summed E-state index contributed by atoms with van der Waals surface area (Å²) in [5.41, 5.74) is 1.94. The third-order valence-corrected chi connectivity index (χ3v) is 4.29. The number of aromatic nitrogens is 2. The van der Waals surface area contributed by atoms with Gasteiger partial charge in [-0.2, -0.15) is 4.98 Å². The molecule has 6 nitrogen and oxygen atoms in total. The van der Waals surface area contributed by atoms with Crippen molar-refractivity contribution in [3.63, 3.8) is 0 Å². The molecule has 1 atom stereocenters. The van der Waals surface area contributed by atoms with Gasteiger partial charge in [0.1, 0.15) is 23.9 Å². The summed E-state index contributed by atoms with van der Waals surface area (Å²) in [5, 5.41) is 4.10. The fourth-order valence-electron chi connectivity index (χ4n) is 2.94. The lowest BCUT2D eigenvalue weighted by atomic mass is 9.96. The molecule has 1 aliphatic rings. The minimum absolute atomic E-state index is 0.0199. The van der Waals surface area contributed by atoms with Gasteiger partial charge in [0.15, 0.2) is 0 Å². The maximum atomic E-state index is 5.84. The van der Waals surface area contributed by atoms with Crippen molar-refractivity contribution >= 4 is 0 Å². The smallest absolute Gasteiger partial charge is 0.233 e. The molecule has 0 fully saturated rings. The second-order valence-corrected chi connectivity index (χ2v) is 5.87. The van der Waals surface area contributed by atoms with Gasteiger partial charge in [-0.25, -0.2) is 0 Å². The zero-order valence-electron chi connectivity index (χ0n) is 14.1. The van der Waals surface area contributed by atoms with Crippen molar-refractivity contribution in [3.8, 4) is 28.6 Å². The summed E-state index contributed by atoms with van der Waals surface area (Å²) < 4.78 is 21.9. The first kappa shape index (κ1) is 15.5. The molecule has 2 aromatic carbocycles. The Labute approximate surface area is 145 Å². The lowest BCUT2D eigenvalue weighted by molar-refractivity contribution is 0.230. The number of methoxy groups -OCH3 is 2. The minimum Gasteiger partial charge on any atom is -0.497 e. The summed E-state index contributed by atoms with van der Waals surface area (Å²) in [6, 6.07) is 13.4. The molecular formula is C19H18N2O4. The van der Waals surface area contributed by atoms with Gasteiger partial charge in [0, 0.05) is 5.56 Å². The Bertz CT molecular complexity index is 891. The van der Waals surface area contributed by atoms with Crippen LogP contribution in [0.4, 0.5) is 0 Å². The lowest BCUT2D eigenvalue weighted by Crippen LogP contribution is -2.19. The average Bonchev–Trinajstić information content (AvgIpc) is 3.17. The Morgan fingerprint density at radius 2 is 1.88 bits per heavy atom. The normalized spacial score (nSPS) is 16.0. The van der Waals surface area contributed by atoms with E-state index in [-0.39, 0.29) is 5.92 Å². The Kier molecular flexibility index (Phi) is 4.01. The quantitative estimate of drug-likeness (QED) is 0.726. The van der Waals surface area contributed by atoms with Crippen LogP contribution >= 0.6 is 0 Å². The van der Waals surface area contributed by atoms with Crippen LogP contribution in [0, 0.1) is 0 Å². The molecule has 0 aliphatic carbocycles. The van der Waals surface area contributed by atoms with Gasteiger partial charge >= 0.3 is 0 Å². The van der Waals surface area contributed by atoms with Gasteiger partial charge in [0.25, 0.3) is 0 Å². The topological polar surface area (TPSA) is 66.6 Å². The number of benzene rings is 2. The Morgan fingerprint density at radius 1 is 1.04 bits per heavy atom. The van der Waals surface area contributed by atoms with Crippen LogP contribution in [0.25, 0.3) is 11.4 Å². The molecule has 128 valence electrons. The summed E-state index contributed by atoms with van der Waals surface area (Å²) in [5.74, 6) is 3.59. The largest absolute Gasteiger partial charge is 0.497 e. The van der Waals surface area contributed by atoms with Gasteiger partial charge in [-0.05, 0) is 42.3 Å². The molecule has 0 spiro atoms. The van der Waals surface area contributed by atoms with E-state index in [0.717, 1.165) is 34.8 Å². The van der Waals surface area contributed by atoms with E-state index < -0.39 is 0 Å². The first-order chi connectivity index (χ1) is 12.3. The van der Waals surface area contributed by atoms with E-state index >= 15 is 0 Å². The Hall–Kier alpha value is -3.02. The number of hydrogen-bond donors (Lipinski definition) is 0. The maximum absolute atomic E-state index is 5.84. The Morgan fingerprint density at radius 3 is 2.72 bits per heavy atom. The number of ether oxygens (including phenoxy) is 3. The molecule has 3 aromatic rings. The van der Waals surface area contributed by atoms with E-state index in [0.29, 0.717) is 18.3 Å². The molecule has 1 aliphatic heterocycles. The molecule has 0 bridgehead atoms. The number of rotatable bonds is 4. The van der Waals surface area contributed by atoms with Gasteiger partial charge in [0.2, 0.25) is 11.7 Å². The third-order valence-electron chi connectivity index (χ3n) is 4.29. The number of nitrogens with zero attached hydrogens (tertiary/aromatic N) is 2. The second-order valence-electron chi connectivity index (χ2n) is 5.87. The standard InChI is InChI=1S/C19H18N2O4/c1-22-15-5-3-4-12(9-15)18-20-19(25-21-18)14-8-13-10-16(23-2)6-7-17(13)24-11-14/h3-7,9-10,14H,8,11H2,1-2H3. The fraction of sp³-hybridized carbons (Fsp3) is 0.263. The van der Waals surface area contributed by atoms with Crippen molar-refractivity contribution in [1.29, 1.82) is 0 Å². The maximum Gasteiger partial charge on any atom is 0.233 e. The second kappa shape index (κ2) is 6.47. The van der Waals surface area contributed by atoms with Crippen molar-refractivity contribution in [3.05, 3.63) is 53.9 Å². The van der Waals surface area contributed by atoms with Crippen LogP contribution in [-0.4, -0.2) is 31.0 Å². The van der Waals surface area contributed by atoms with Crippen molar-refractivity contribution in [1.82, 2.24) is 10.1 Å². The van der Waals surface area contributed by atoms with Crippen molar-refractivity contribution < 1.29 is 18.7 Å². The first-order valence-electron chi connectivity index (χ1n) is 8.04. The molecule has 0 radical (unpaired) electrons. The van der Waals surface area contributed by atoms with E-state index in [4.69, 9.17) is 18.7 Å². The summed E-state index contributed by atoms with van der Waals surface area (Å²) >= 11 is 0. The zero-order valence-corrected chi connectivity index (χ0v) is 14.1. The van der Waals surface area contributed by atoms with E-state index in [9.17, 15) is 0 Å². The SMILES string of the molecule is COc1cccc(-c2noc(C3COc4ccc(OC)cc4C3)n2)c1. The summed E-state index contributed by atoms with van der Waals surface area (Å²) in [6.45, 7) is 0.513. The number of hydrogen-bond acceptors (Lipinski definition) is 6. The average molecular weight is 338 g/mol. The van der Waals surface area contributed by atoms with Gasteiger partial charge < -0.3 is 18.7 Å². The summed E-state index contributed by atoms with van der Waals surface area (Å²) in [7, 11) is 3.28. The van der Waals surface area contributed by atoms with Crippen molar-refractivity contribution in [2.75, 3.05) is 20.8 Å². The molecule has 0 saturated heterocycles. The molecule has 6 heteroatoms. The monoisotopic (exact) mass is 338 g/mol. The highest BCUT2D eigenvalue weighted by molar-refractivity contribution is 5.57. The molecule has 0 saturated carbocycles.